The SMILES string of the molecule is CC[C]1([Hf+2]([CH3])([CH3])([CH3])([CH3])([CH3])[C]2(CC)CCCCC2)CCCCC1.[Cl-].[Cl-]. The molecule has 0 amide bonds. The van der Waals surface area contributed by atoms with Gasteiger partial charge in [0.15, 0.2) is 0 Å². The summed E-state index contributed by atoms with van der Waals surface area (Å²) in [6, 6.07) is 0. The van der Waals surface area contributed by atoms with E-state index in [2.05, 4.69) is 37.2 Å². The molecule has 0 aromatic carbocycles. The molecule has 0 radical (unpaired) electrons. The van der Waals surface area contributed by atoms with Crippen molar-refractivity contribution >= 4 is 0 Å². The van der Waals surface area contributed by atoms with Gasteiger partial charge in [0.25, 0.3) is 0 Å². The van der Waals surface area contributed by atoms with Crippen LogP contribution in [0, 0.1) is 0 Å². The fraction of sp³-hybridized carbons (Fsp3) is 1.00. The molecule has 0 bridgehead atoms. The summed E-state index contributed by atoms with van der Waals surface area (Å²) in [7, 11) is 0. The fourth-order valence-corrected chi connectivity index (χ4v) is 48.7. The molecule has 0 saturated heterocycles. The van der Waals surface area contributed by atoms with Crippen LogP contribution in [0.2, 0.25) is 29.7 Å². The van der Waals surface area contributed by atoms with Gasteiger partial charge in [0.05, 0.1) is 0 Å². The van der Waals surface area contributed by atoms with Gasteiger partial charge in [-0.3, -0.25) is 0 Å². The Morgan fingerprint density at radius 3 is 1.00 bits per heavy atom. The third-order valence-corrected chi connectivity index (χ3v) is 58.9. The minimum atomic E-state index is -4.07. The Bertz CT molecular complexity index is 404. The zero-order chi connectivity index (χ0) is 16.9. The molecule has 2 rings (SSSR count). The Labute approximate surface area is 160 Å². The fourth-order valence-electron chi connectivity index (χ4n) is 8.42. The monoisotopic (exact) mass is 547 g/mol. The van der Waals surface area contributed by atoms with Crippen LogP contribution >= 0.6 is 0 Å². The van der Waals surface area contributed by atoms with Crippen molar-refractivity contribution in [3.05, 3.63) is 0 Å². The molecule has 0 spiro atoms. The topological polar surface area (TPSA) is 0 Å². The van der Waals surface area contributed by atoms with Crippen molar-refractivity contribution in [1.82, 2.24) is 0 Å². The molecule has 0 heterocycles. The van der Waals surface area contributed by atoms with E-state index in [4.69, 9.17) is 0 Å². The number of hydrogen-bond acceptors (Lipinski definition) is 0. The van der Waals surface area contributed by atoms with Crippen LogP contribution in [-0.4, -0.2) is 0 Å². The van der Waals surface area contributed by atoms with Crippen LogP contribution in [0.1, 0.15) is 90.9 Å². The summed E-state index contributed by atoms with van der Waals surface area (Å²) in [6.07, 6.45) is 17.9. The number of hydrogen-bond donors (Lipinski definition) is 0. The summed E-state index contributed by atoms with van der Waals surface area (Å²) in [4.78, 5) is 0. The van der Waals surface area contributed by atoms with E-state index in [9.17, 15) is 0 Å². The van der Waals surface area contributed by atoms with Gasteiger partial charge in [-0.2, -0.15) is 0 Å². The zero-order valence-corrected chi connectivity index (χ0v) is 22.8. The first-order chi connectivity index (χ1) is 9.80. The van der Waals surface area contributed by atoms with Crippen LogP contribution in [0.3, 0.4) is 0 Å². The molecule has 0 nitrogen and oxygen atoms in total. The minimum Gasteiger partial charge on any atom is -1.00 e. The predicted molar refractivity (Wildman–Crippen MR) is 101 cm³/mol. The van der Waals surface area contributed by atoms with Gasteiger partial charge >= 0.3 is 136 Å². The minimum absolute atomic E-state index is 0. The second kappa shape index (κ2) is 6.23. The largest absolute Gasteiger partial charge is 1.00 e. The van der Waals surface area contributed by atoms with E-state index in [-0.39, 0.29) is 24.8 Å². The van der Waals surface area contributed by atoms with Gasteiger partial charge in [-0.05, 0) is 0 Å². The molecule has 0 aliphatic heterocycles. The van der Waals surface area contributed by atoms with E-state index in [0.29, 0.717) is 6.34 Å². The molecule has 2 aliphatic rings. The maximum atomic E-state index is 2.91. The van der Waals surface area contributed by atoms with Crippen molar-refractivity contribution < 1.29 is 40.4 Å². The molecule has 2 saturated carbocycles. The van der Waals surface area contributed by atoms with Crippen molar-refractivity contribution in [1.29, 1.82) is 0 Å². The van der Waals surface area contributed by atoms with Crippen LogP contribution in [0.25, 0.3) is 0 Å². The van der Waals surface area contributed by atoms with Gasteiger partial charge in [0.1, 0.15) is 0 Å². The maximum Gasteiger partial charge on any atom is -1.00 e. The molecule has 2 fully saturated rings. The first kappa shape index (κ1) is 25.5. The van der Waals surface area contributed by atoms with E-state index in [1.54, 1.807) is 0 Å². The van der Waals surface area contributed by atoms with Crippen LogP contribution in [0.5, 0.6) is 0 Å². The van der Waals surface area contributed by atoms with Gasteiger partial charge in [0, 0.05) is 0 Å². The standard InChI is InChI=1S/2C8H15.5CH3.2ClH.Hf/c2*1-2-8-6-4-3-5-7-8;;;;;;;;/h2*2-7H2,1H3;5*1H3;2*1H;/q;;;;;;;;;+2/p-2. The molecular formula is C21H45Cl2Hf. The van der Waals surface area contributed by atoms with Crippen molar-refractivity contribution in [3.8, 4) is 0 Å². The molecule has 0 atom stereocenters. The molecule has 24 heavy (non-hydrogen) atoms. The Balaban J connectivity index is 0.00000264. The second-order valence-electron chi connectivity index (χ2n) is 14.0. The van der Waals surface area contributed by atoms with Gasteiger partial charge in [-0.15, -0.1) is 0 Å². The summed E-state index contributed by atoms with van der Waals surface area (Å²) >= 11 is -4.07. The molecular weight excluding hydrogens is 502 g/mol. The molecule has 2 aliphatic carbocycles. The summed E-state index contributed by atoms with van der Waals surface area (Å²) in [6.45, 7) is 5.07. The summed E-state index contributed by atoms with van der Waals surface area (Å²) < 4.78 is 15.8. The molecule has 0 aromatic rings. The van der Waals surface area contributed by atoms with E-state index >= 15 is 0 Å². The van der Waals surface area contributed by atoms with Crippen molar-refractivity contribution in [2.24, 2.45) is 0 Å². The smallest absolute Gasteiger partial charge is 1.00 e. The molecule has 0 unspecified atom stereocenters. The van der Waals surface area contributed by atoms with Crippen LogP contribution in [-0.2, 0) is 15.6 Å². The van der Waals surface area contributed by atoms with Gasteiger partial charge in [-0.1, -0.05) is 0 Å². The van der Waals surface area contributed by atoms with Gasteiger partial charge in [0.2, 0.25) is 0 Å². The van der Waals surface area contributed by atoms with Crippen molar-refractivity contribution in [3.63, 3.8) is 0 Å². The molecule has 3 heteroatoms. The summed E-state index contributed by atoms with van der Waals surface area (Å²) in [5, 5.41) is 0. The van der Waals surface area contributed by atoms with Gasteiger partial charge < -0.3 is 24.8 Å². The molecule has 147 valence electrons. The predicted octanol–water partition coefficient (Wildman–Crippen LogP) is 3.06. The summed E-state index contributed by atoms with van der Waals surface area (Å²) in [5.41, 5.74) is 0. The third kappa shape index (κ3) is 2.94. The second-order valence-corrected chi connectivity index (χ2v) is 76.4. The molecule has 0 N–H and O–H groups in total. The van der Waals surface area contributed by atoms with Crippen molar-refractivity contribution in [2.45, 2.75) is 121 Å². The van der Waals surface area contributed by atoms with Crippen LogP contribution in [0.15, 0.2) is 0 Å². The van der Waals surface area contributed by atoms with Crippen LogP contribution in [0.4, 0.5) is 0 Å². The van der Waals surface area contributed by atoms with E-state index < -0.39 is 15.6 Å². The number of rotatable bonds is 4. The Hall–Kier alpha value is 1.45. The average molecular weight is 547 g/mol. The Morgan fingerprint density at radius 2 is 0.792 bits per heavy atom. The van der Waals surface area contributed by atoms with E-state index in [1.165, 1.54) is 77.0 Å². The van der Waals surface area contributed by atoms with Crippen molar-refractivity contribution in [2.75, 3.05) is 0 Å². The van der Waals surface area contributed by atoms with E-state index in [1.807, 2.05) is 0 Å². The summed E-state index contributed by atoms with van der Waals surface area (Å²) in [5.74, 6) is 0. The quantitative estimate of drug-likeness (QED) is 0.476. The zero-order valence-electron chi connectivity index (χ0n) is 17.7. The maximum absolute atomic E-state index is 4.07. The average Bonchev–Trinajstić information content (AvgIpc) is 2.46. The molecule has 0 aromatic heterocycles. The number of halogens is 2. The van der Waals surface area contributed by atoms with E-state index in [0.717, 1.165) is 0 Å². The first-order valence-electron chi connectivity index (χ1n) is 10.5. The van der Waals surface area contributed by atoms with Crippen LogP contribution < -0.4 is 24.8 Å². The Morgan fingerprint density at radius 1 is 0.542 bits per heavy atom. The third-order valence-electron chi connectivity index (χ3n) is 10.8. The first-order valence-corrected chi connectivity index (χ1v) is 32.1. The normalized spacial score (nSPS) is 28.0. The Kier molecular flexibility index (Phi) is 6.61. The van der Waals surface area contributed by atoms with Gasteiger partial charge in [-0.25, -0.2) is 0 Å².